The molecule has 1 aliphatic carbocycles. The zero-order valence-corrected chi connectivity index (χ0v) is 13.1. The number of hydrogen-bond donors (Lipinski definition) is 2. The number of nitrogens with one attached hydrogen (secondary N) is 1. The number of nitrogens with two attached hydrogens (primary N) is 1. The molecule has 1 aromatic carbocycles. The molecule has 1 aliphatic rings. The van der Waals surface area contributed by atoms with Crippen LogP contribution >= 0.6 is 15.9 Å². The van der Waals surface area contributed by atoms with Crippen molar-refractivity contribution in [2.45, 2.75) is 45.6 Å². The van der Waals surface area contributed by atoms with E-state index in [1.54, 1.807) is 0 Å². The Balaban J connectivity index is 2.12. The zero-order chi connectivity index (χ0) is 14.0. The lowest BCUT2D eigenvalue weighted by Gasteiger charge is -2.34. The maximum Gasteiger partial charge on any atom is 0.137 e. The summed E-state index contributed by atoms with van der Waals surface area (Å²) in [6.07, 6.45) is 4.57. The summed E-state index contributed by atoms with van der Waals surface area (Å²) >= 11 is 3.24. The molecule has 4 heteroatoms. The van der Waals surface area contributed by atoms with Gasteiger partial charge in [0.1, 0.15) is 5.82 Å². The Morgan fingerprint density at radius 1 is 1.53 bits per heavy atom. The third kappa shape index (κ3) is 3.36. The van der Waals surface area contributed by atoms with E-state index in [1.807, 2.05) is 12.1 Å². The van der Waals surface area contributed by atoms with Crippen LogP contribution in [0.3, 0.4) is 0 Å². The Labute approximate surface area is 123 Å². The molecule has 1 saturated carbocycles. The molecule has 2 atom stereocenters. The average molecular weight is 329 g/mol. The Hall–Kier alpha value is -0.450. The molecule has 0 radical (unpaired) electrons. The van der Waals surface area contributed by atoms with Crippen molar-refractivity contribution in [2.75, 3.05) is 0 Å². The van der Waals surface area contributed by atoms with E-state index in [0.29, 0.717) is 15.8 Å². The van der Waals surface area contributed by atoms with Crippen LogP contribution in [0.1, 0.15) is 38.7 Å². The summed E-state index contributed by atoms with van der Waals surface area (Å²) in [6.45, 7) is 4.63. The van der Waals surface area contributed by atoms with Gasteiger partial charge in [-0.3, -0.25) is 11.3 Å². The fourth-order valence-electron chi connectivity index (χ4n) is 3.34. The second kappa shape index (κ2) is 5.90. The van der Waals surface area contributed by atoms with Crippen LogP contribution in [0.15, 0.2) is 22.7 Å². The molecule has 0 bridgehead atoms. The zero-order valence-electron chi connectivity index (χ0n) is 11.5. The van der Waals surface area contributed by atoms with Gasteiger partial charge in [-0.15, -0.1) is 0 Å². The van der Waals surface area contributed by atoms with Gasteiger partial charge in [-0.2, -0.15) is 0 Å². The van der Waals surface area contributed by atoms with Crippen LogP contribution in [-0.4, -0.2) is 6.04 Å². The Bertz CT molecular complexity index is 448. The second-order valence-electron chi connectivity index (χ2n) is 6.21. The predicted molar refractivity (Wildman–Crippen MR) is 80.0 cm³/mol. The molecule has 0 spiro atoms. The molecular weight excluding hydrogens is 307 g/mol. The first-order chi connectivity index (χ1) is 8.94. The van der Waals surface area contributed by atoms with Gasteiger partial charge in [0.2, 0.25) is 0 Å². The van der Waals surface area contributed by atoms with Crippen molar-refractivity contribution in [1.82, 2.24) is 5.43 Å². The van der Waals surface area contributed by atoms with Gasteiger partial charge in [-0.05, 0) is 64.2 Å². The van der Waals surface area contributed by atoms with E-state index in [2.05, 4.69) is 35.2 Å². The van der Waals surface area contributed by atoms with Crippen LogP contribution in [0, 0.1) is 17.2 Å². The summed E-state index contributed by atoms with van der Waals surface area (Å²) in [7, 11) is 0. The van der Waals surface area contributed by atoms with Crippen molar-refractivity contribution in [2.24, 2.45) is 17.2 Å². The van der Waals surface area contributed by atoms with E-state index < -0.39 is 0 Å². The highest BCUT2D eigenvalue weighted by atomic mass is 79.9. The van der Waals surface area contributed by atoms with Crippen molar-refractivity contribution < 1.29 is 4.39 Å². The number of rotatable bonds is 4. The van der Waals surface area contributed by atoms with Gasteiger partial charge >= 0.3 is 0 Å². The van der Waals surface area contributed by atoms with Gasteiger partial charge in [0.15, 0.2) is 0 Å². The Morgan fingerprint density at radius 2 is 2.26 bits per heavy atom. The highest BCUT2D eigenvalue weighted by Crippen LogP contribution is 2.44. The first-order valence-corrected chi connectivity index (χ1v) is 7.63. The molecule has 2 nitrogen and oxygen atoms in total. The monoisotopic (exact) mass is 328 g/mol. The molecule has 0 heterocycles. The van der Waals surface area contributed by atoms with Gasteiger partial charge < -0.3 is 0 Å². The minimum atomic E-state index is -0.220. The number of halogens is 2. The van der Waals surface area contributed by atoms with E-state index >= 15 is 0 Å². The smallest absolute Gasteiger partial charge is 0.137 e. The predicted octanol–water partition coefficient (Wildman–Crippen LogP) is 3.79. The molecule has 0 amide bonds. The van der Waals surface area contributed by atoms with E-state index in [0.717, 1.165) is 12.0 Å². The van der Waals surface area contributed by atoms with Crippen molar-refractivity contribution in [3.05, 3.63) is 34.1 Å². The number of benzene rings is 1. The lowest BCUT2D eigenvalue weighted by atomic mass is 9.76. The van der Waals surface area contributed by atoms with Crippen LogP contribution in [-0.2, 0) is 6.42 Å². The van der Waals surface area contributed by atoms with E-state index in [9.17, 15) is 4.39 Å². The van der Waals surface area contributed by atoms with E-state index in [4.69, 9.17) is 5.84 Å². The molecule has 0 aromatic heterocycles. The largest absolute Gasteiger partial charge is 0.271 e. The first kappa shape index (κ1) is 14.9. The third-order valence-corrected chi connectivity index (χ3v) is 5.09. The molecular formula is C15H22BrFN2. The molecule has 19 heavy (non-hydrogen) atoms. The number of hydrazine groups is 1. The summed E-state index contributed by atoms with van der Waals surface area (Å²) in [6, 6.07) is 5.44. The lowest BCUT2D eigenvalue weighted by Crippen LogP contribution is -2.45. The maximum absolute atomic E-state index is 13.3. The third-order valence-electron chi connectivity index (χ3n) is 4.48. The molecule has 2 unspecified atom stereocenters. The van der Waals surface area contributed by atoms with Crippen LogP contribution in [0.2, 0.25) is 0 Å². The average Bonchev–Trinajstić information content (AvgIpc) is 2.70. The maximum atomic E-state index is 13.3. The molecule has 1 fully saturated rings. The van der Waals surface area contributed by atoms with Crippen LogP contribution in [0.4, 0.5) is 4.39 Å². The van der Waals surface area contributed by atoms with Gasteiger partial charge in [0.25, 0.3) is 0 Å². The van der Waals surface area contributed by atoms with E-state index in [-0.39, 0.29) is 11.9 Å². The molecule has 1 aromatic rings. The van der Waals surface area contributed by atoms with Crippen LogP contribution in [0.25, 0.3) is 0 Å². The quantitative estimate of drug-likeness (QED) is 0.651. The van der Waals surface area contributed by atoms with Crippen LogP contribution < -0.4 is 11.3 Å². The Morgan fingerprint density at radius 3 is 2.79 bits per heavy atom. The van der Waals surface area contributed by atoms with E-state index in [1.165, 1.54) is 25.3 Å². The van der Waals surface area contributed by atoms with Crippen molar-refractivity contribution in [3.8, 4) is 0 Å². The Kier molecular flexibility index (Phi) is 4.64. The minimum absolute atomic E-state index is 0.220. The van der Waals surface area contributed by atoms with Crippen LogP contribution in [0.5, 0.6) is 0 Å². The standard InChI is InChI=1S/C15H22BrFN2/c1-15(2)7-3-4-11(15)14(19-18)9-10-5-6-13(17)12(16)8-10/h5-6,8,11,14,19H,3-4,7,9,18H2,1-2H3. The summed E-state index contributed by atoms with van der Waals surface area (Å²) in [5.41, 5.74) is 4.41. The molecule has 0 saturated heterocycles. The fourth-order valence-corrected chi connectivity index (χ4v) is 3.76. The second-order valence-corrected chi connectivity index (χ2v) is 7.07. The number of hydrogen-bond acceptors (Lipinski definition) is 2. The molecule has 106 valence electrons. The lowest BCUT2D eigenvalue weighted by molar-refractivity contribution is 0.196. The normalized spacial score (nSPS) is 23.5. The van der Waals surface area contributed by atoms with Gasteiger partial charge in [0, 0.05) is 6.04 Å². The minimum Gasteiger partial charge on any atom is -0.271 e. The molecule has 0 aliphatic heterocycles. The first-order valence-electron chi connectivity index (χ1n) is 6.84. The van der Waals surface area contributed by atoms with Gasteiger partial charge in [-0.25, -0.2) is 4.39 Å². The topological polar surface area (TPSA) is 38.0 Å². The summed E-state index contributed by atoms with van der Waals surface area (Å²) in [5, 5.41) is 0. The van der Waals surface area contributed by atoms with Gasteiger partial charge in [-0.1, -0.05) is 26.3 Å². The van der Waals surface area contributed by atoms with Gasteiger partial charge in [0.05, 0.1) is 4.47 Å². The van der Waals surface area contributed by atoms with Crippen molar-refractivity contribution in [1.29, 1.82) is 0 Å². The highest BCUT2D eigenvalue weighted by Gasteiger charge is 2.39. The SMILES string of the molecule is CC1(C)CCCC1C(Cc1ccc(F)c(Br)c1)NN. The van der Waals surface area contributed by atoms with Crippen molar-refractivity contribution in [3.63, 3.8) is 0 Å². The molecule has 3 N–H and O–H groups in total. The summed E-state index contributed by atoms with van der Waals surface area (Å²) < 4.78 is 13.8. The summed E-state index contributed by atoms with van der Waals surface area (Å²) in [4.78, 5) is 0. The summed E-state index contributed by atoms with van der Waals surface area (Å²) in [5.74, 6) is 6.10. The van der Waals surface area contributed by atoms with Crippen molar-refractivity contribution >= 4 is 15.9 Å². The highest BCUT2D eigenvalue weighted by molar-refractivity contribution is 9.10. The fraction of sp³-hybridized carbons (Fsp3) is 0.600. The molecule has 2 rings (SSSR count).